The Morgan fingerprint density at radius 1 is 1.09 bits per heavy atom. The number of tetrazole rings is 1. The number of rotatable bonds is 4. The molecule has 162 valence electrons. The fourth-order valence-corrected chi connectivity index (χ4v) is 5.71. The van der Waals surface area contributed by atoms with Gasteiger partial charge < -0.3 is 14.4 Å². The Balaban J connectivity index is 1.52. The number of hydrogen-bond donors (Lipinski definition) is 0. The molecule has 1 aliphatic heterocycles. The van der Waals surface area contributed by atoms with Crippen LogP contribution in [0.1, 0.15) is 17.5 Å². The van der Waals surface area contributed by atoms with Crippen LogP contribution in [0.5, 0.6) is 17.5 Å². The van der Waals surface area contributed by atoms with Crippen LogP contribution in [0.25, 0.3) is 5.69 Å². The van der Waals surface area contributed by atoms with E-state index >= 15 is 0 Å². The molecule has 1 aromatic heterocycles. The van der Waals surface area contributed by atoms with Crippen LogP contribution in [0.3, 0.4) is 0 Å². The number of likely N-dealkylation sites (N-methyl/N-ethyl adjacent to an activating group) is 1. The molecule has 3 atom stereocenters. The maximum Gasteiger partial charge on any atom is 0.346 e. The monoisotopic (exact) mass is 427 g/mol. The number of piperidine rings is 1. The Hall–Kier alpha value is -3.45. The summed E-state index contributed by atoms with van der Waals surface area (Å²) in [5.74, 6) is 1.79. The number of benzene rings is 2. The van der Waals surface area contributed by atoms with E-state index in [9.17, 15) is 0 Å². The van der Waals surface area contributed by atoms with Crippen LogP contribution in [0.2, 0.25) is 0 Å². The fraction of sp³-hybridized carbons (Fsp3) is 0.320. The molecule has 3 aliphatic rings. The summed E-state index contributed by atoms with van der Waals surface area (Å²) in [6.45, 7) is 1.04. The third-order valence-electron chi connectivity index (χ3n) is 7.23. The zero-order valence-electron chi connectivity index (χ0n) is 18.2. The normalized spacial score (nSPS) is 25.8. The van der Waals surface area contributed by atoms with Crippen molar-refractivity contribution < 1.29 is 9.47 Å². The number of ether oxygens (including phenoxy) is 2. The lowest BCUT2D eigenvalue weighted by molar-refractivity contribution is 0.0781. The molecule has 2 bridgehead atoms. The Bertz CT molecular complexity index is 1220. The molecule has 6 rings (SSSR count). The van der Waals surface area contributed by atoms with Crippen LogP contribution >= 0.6 is 0 Å². The predicted molar refractivity (Wildman–Crippen MR) is 120 cm³/mol. The molecule has 7 heteroatoms. The lowest BCUT2D eigenvalue weighted by Crippen LogP contribution is -2.58. The summed E-state index contributed by atoms with van der Waals surface area (Å²) in [5.41, 5.74) is 3.21. The van der Waals surface area contributed by atoms with Crippen molar-refractivity contribution in [1.82, 2.24) is 25.1 Å². The zero-order valence-corrected chi connectivity index (χ0v) is 18.2. The van der Waals surface area contributed by atoms with Gasteiger partial charge in [0.2, 0.25) is 0 Å². The van der Waals surface area contributed by atoms with Crippen LogP contribution in [-0.4, -0.2) is 51.9 Å². The summed E-state index contributed by atoms with van der Waals surface area (Å²) in [6.07, 6.45) is 11.1. The lowest BCUT2D eigenvalue weighted by Gasteiger charge is -2.55. The minimum absolute atomic E-state index is 0.131. The van der Waals surface area contributed by atoms with E-state index in [0.717, 1.165) is 25.1 Å². The van der Waals surface area contributed by atoms with Crippen LogP contribution in [0, 0.1) is 5.92 Å². The van der Waals surface area contributed by atoms with Gasteiger partial charge in [-0.3, -0.25) is 0 Å². The Morgan fingerprint density at radius 2 is 1.97 bits per heavy atom. The van der Waals surface area contributed by atoms with Crippen LogP contribution in [0.4, 0.5) is 0 Å². The predicted octanol–water partition coefficient (Wildman–Crippen LogP) is 3.70. The first-order valence-electron chi connectivity index (χ1n) is 11.0. The van der Waals surface area contributed by atoms with Crippen LogP contribution in [0.15, 0.2) is 66.8 Å². The highest BCUT2D eigenvalue weighted by Gasteiger charge is 2.52. The number of aromatic nitrogens is 4. The fourth-order valence-electron chi connectivity index (χ4n) is 5.71. The first kappa shape index (κ1) is 19.3. The first-order chi connectivity index (χ1) is 15.7. The number of para-hydroxylation sites is 1. The topological polar surface area (TPSA) is 65.3 Å². The highest BCUT2D eigenvalue weighted by Crippen LogP contribution is 2.56. The van der Waals surface area contributed by atoms with Crippen molar-refractivity contribution in [2.45, 2.75) is 24.3 Å². The molecule has 0 saturated carbocycles. The summed E-state index contributed by atoms with van der Waals surface area (Å²) in [4.78, 5) is 2.50. The second-order valence-corrected chi connectivity index (χ2v) is 8.75. The second kappa shape index (κ2) is 7.31. The maximum atomic E-state index is 6.52. The molecular formula is C25H25N5O2. The van der Waals surface area contributed by atoms with Gasteiger partial charge in [0, 0.05) is 22.9 Å². The van der Waals surface area contributed by atoms with Gasteiger partial charge in [-0.25, -0.2) is 0 Å². The lowest BCUT2D eigenvalue weighted by atomic mass is 9.56. The maximum absolute atomic E-state index is 6.52. The third-order valence-corrected chi connectivity index (χ3v) is 7.23. The quantitative estimate of drug-likeness (QED) is 0.633. The van der Waals surface area contributed by atoms with E-state index in [0.29, 0.717) is 29.5 Å². The molecule has 0 spiro atoms. The molecule has 1 fully saturated rings. The molecule has 3 aromatic rings. The van der Waals surface area contributed by atoms with Gasteiger partial charge in [0.1, 0.15) is 0 Å². The standard InChI is InChI=1S/C25H25N5O2/c1-29-15-14-25-13-7-6-10-19(25)20(29)16-17-11-12-21(31-2)23(22(17)25)32-24-26-27-28-30(24)18-8-4-3-5-9-18/h3-13,19-20H,14-16H2,1-2H3/t19-,20+,25-/m1/s1. The van der Waals surface area contributed by atoms with Crippen molar-refractivity contribution in [1.29, 1.82) is 0 Å². The zero-order chi connectivity index (χ0) is 21.7. The Kier molecular flexibility index (Phi) is 4.40. The summed E-state index contributed by atoms with van der Waals surface area (Å²) >= 11 is 0. The summed E-state index contributed by atoms with van der Waals surface area (Å²) in [7, 11) is 3.92. The van der Waals surface area contributed by atoms with Gasteiger partial charge in [-0.15, -0.1) is 0 Å². The van der Waals surface area contributed by atoms with Gasteiger partial charge in [-0.1, -0.05) is 53.7 Å². The number of nitrogens with zero attached hydrogens (tertiary/aromatic N) is 5. The van der Waals surface area contributed by atoms with Gasteiger partial charge in [-0.05, 0) is 60.6 Å². The Morgan fingerprint density at radius 3 is 2.81 bits per heavy atom. The minimum Gasteiger partial charge on any atom is -0.493 e. The summed E-state index contributed by atoms with van der Waals surface area (Å²) in [6, 6.07) is 14.7. The van der Waals surface area contributed by atoms with E-state index in [2.05, 4.69) is 57.8 Å². The molecule has 32 heavy (non-hydrogen) atoms. The van der Waals surface area contributed by atoms with E-state index in [1.165, 1.54) is 11.1 Å². The van der Waals surface area contributed by atoms with Gasteiger partial charge in [0.25, 0.3) is 0 Å². The van der Waals surface area contributed by atoms with Crippen molar-refractivity contribution in [3.8, 4) is 23.2 Å². The van der Waals surface area contributed by atoms with E-state index in [-0.39, 0.29) is 5.41 Å². The van der Waals surface area contributed by atoms with Gasteiger partial charge in [0.15, 0.2) is 11.5 Å². The molecule has 0 radical (unpaired) electrons. The summed E-state index contributed by atoms with van der Waals surface area (Å²) in [5, 5.41) is 12.2. The SMILES string of the molecule is COc1ccc2c(c1Oc1nnnn1-c1ccccc1)[C@@]13C=CC=C[C@@H]1[C@H](C2)N(C)CC3. The van der Waals surface area contributed by atoms with E-state index in [1.54, 1.807) is 11.8 Å². The average Bonchev–Trinajstić information content (AvgIpc) is 3.30. The van der Waals surface area contributed by atoms with Gasteiger partial charge in [0.05, 0.1) is 12.8 Å². The van der Waals surface area contributed by atoms with Crippen molar-refractivity contribution in [2.75, 3.05) is 20.7 Å². The minimum atomic E-state index is -0.131. The summed E-state index contributed by atoms with van der Waals surface area (Å²) < 4.78 is 13.9. The van der Waals surface area contributed by atoms with E-state index < -0.39 is 0 Å². The average molecular weight is 428 g/mol. The van der Waals surface area contributed by atoms with Crippen LogP contribution in [-0.2, 0) is 11.8 Å². The van der Waals surface area contributed by atoms with E-state index in [1.807, 2.05) is 36.4 Å². The smallest absolute Gasteiger partial charge is 0.346 e. The van der Waals surface area contributed by atoms with Gasteiger partial charge >= 0.3 is 6.01 Å². The molecule has 7 nitrogen and oxygen atoms in total. The van der Waals surface area contributed by atoms with E-state index in [4.69, 9.17) is 9.47 Å². The Labute approximate surface area is 186 Å². The molecule has 0 unspecified atom stereocenters. The van der Waals surface area contributed by atoms with Crippen molar-refractivity contribution in [2.24, 2.45) is 5.92 Å². The van der Waals surface area contributed by atoms with Crippen molar-refractivity contribution >= 4 is 0 Å². The first-order valence-corrected chi connectivity index (χ1v) is 11.0. The molecule has 1 saturated heterocycles. The molecule has 2 heterocycles. The molecule has 0 N–H and O–H groups in total. The number of methoxy groups -OCH3 is 1. The molecule has 2 aliphatic carbocycles. The number of allylic oxidation sites excluding steroid dienone is 3. The van der Waals surface area contributed by atoms with Crippen LogP contribution < -0.4 is 9.47 Å². The second-order valence-electron chi connectivity index (χ2n) is 8.75. The number of fused-ring (bicyclic) bond motifs is 1. The third kappa shape index (κ3) is 2.74. The van der Waals surface area contributed by atoms with Crippen molar-refractivity contribution in [3.05, 3.63) is 77.9 Å². The molecule has 0 amide bonds. The molecular weight excluding hydrogens is 402 g/mol. The highest BCUT2D eigenvalue weighted by atomic mass is 16.5. The highest BCUT2D eigenvalue weighted by molar-refractivity contribution is 5.61. The van der Waals surface area contributed by atoms with Crippen molar-refractivity contribution in [3.63, 3.8) is 0 Å². The molecule has 2 aromatic carbocycles. The number of likely N-dealkylation sites (tertiary alicyclic amines) is 1. The largest absolute Gasteiger partial charge is 0.493 e. The van der Waals surface area contributed by atoms with Gasteiger partial charge in [-0.2, -0.15) is 4.68 Å². The number of hydrogen-bond acceptors (Lipinski definition) is 6.